The first kappa shape index (κ1) is 14.1. The van der Waals surface area contributed by atoms with E-state index in [0.717, 1.165) is 16.9 Å². The first-order chi connectivity index (χ1) is 10.8. The second-order valence-electron chi connectivity index (χ2n) is 4.72. The first-order valence-electron chi connectivity index (χ1n) is 7.20. The molecule has 1 heterocycles. The van der Waals surface area contributed by atoms with E-state index >= 15 is 0 Å². The molecule has 3 aromatic rings. The minimum atomic E-state index is 0.473. The molecule has 0 radical (unpaired) electrons. The summed E-state index contributed by atoms with van der Waals surface area (Å²) in [6.07, 6.45) is 0. The molecule has 0 amide bonds. The third kappa shape index (κ3) is 3.44. The van der Waals surface area contributed by atoms with Crippen LogP contribution in [0.4, 0.5) is 5.95 Å². The Kier molecular flexibility index (Phi) is 4.34. The Morgan fingerprint density at radius 2 is 1.95 bits per heavy atom. The molecule has 0 aliphatic carbocycles. The van der Waals surface area contributed by atoms with E-state index in [1.807, 2.05) is 61.5 Å². The van der Waals surface area contributed by atoms with Crippen LogP contribution in [-0.2, 0) is 6.54 Å². The Hall–Kier alpha value is -2.82. The van der Waals surface area contributed by atoms with Gasteiger partial charge in [0.25, 0.3) is 11.8 Å². The van der Waals surface area contributed by atoms with Crippen molar-refractivity contribution in [1.29, 1.82) is 0 Å². The second-order valence-corrected chi connectivity index (χ2v) is 4.72. The Balaban J connectivity index is 1.65. The van der Waals surface area contributed by atoms with Crippen molar-refractivity contribution in [2.45, 2.75) is 13.5 Å². The monoisotopic (exact) mass is 295 g/mol. The maximum Gasteiger partial charge on any atom is 0.264 e. The lowest BCUT2D eigenvalue weighted by Crippen LogP contribution is -2.01. The molecule has 1 aromatic heterocycles. The van der Waals surface area contributed by atoms with E-state index < -0.39 is 0 Å². The molecular formula is C17H17N3O2. The van der Waals surface area contributed by atoms with Gasteiger partial charge in [-0.2, -0.15) is 4.98 Å². The van der Waals surface area contributed by atoms with Gasteiger partial charge in [-0.1, -0.05) is 30.3 Å². The molecule has 0 saturated carbocycles. The Bertz CT molecular complexity index is 726. The Morgan fingerprint density at radius 1 is 1.09 bits per heavy atom. The quantitative estimate of drug-likeness (QED) is 0.750. The molecule has 0 fully saturated rings. The number of benzene rings is 2. The molecule has 0 bridgehead atoms. The first-order valence-corrected chi connectivity index (χ1v) is 7.20. The van der Waals surface area contributed by atoms with E-state index in [0.29, 0.717) is 25.0 Å². The maximum absolute atomic E-state index is 5.48. The summed E-state index contributed by atoms with van der Waals surface area (Å²) in [5.74, 6) is 1.84. The van der Waals surface area contributed by atoms with E-state index in [9.17, 15) is 0 Å². The van der Waals surface area contributed by atoms with Gasteiger partial charge in [-0.15, -0.1) is 0 Å². The van der Waals surface area contributed by atoms with Gasteiger partial charge in [-0.3, -0.25) is 0 Å². The smallest absolute Gasteiger partial charge is 0.264 e. The number of nitrogens with one attached hydrogen (secondary N) is 1. The van der Waals surface area contributed by atoms with Crippen LogP contribution in [0.25, 0.3) is 11.5 Å². The molecule has 0 unspecified atom stereocenters. The number of nitrogens with zero attached hydrogens (tertiary/aromatic N) is 2. The standard InChI is InChI=1S/C17H17N3O2/c1-2-21-15-10-6-7-13(11-15)12-18-17-19-16(22-20-17)14-8-4-3-5-9-14/h3-11H,2,12H2,1H3,(H,18,20). The van der Waals surface area contributed by atoms with E-state index in [1.165, 1.54) is 0 Å². The van der Waals surface area contributed by atoms with Crippen molar-refractivity contribution in [3.8, 4) is 17.2 Å². The Labute approximate surface area is 128 Å². The summed E-state index contributed by atoms with van der Waals surface area (Å²) in [7, 11) is 0. The fourth-order valence-electron chi connectivity index (χ4n) is 2.09. The van der Waals surface area contributed by atoms with Gasteiger partial charge in [-0.25, -0.2) is 0 Å². The molecule has 3 rings (SSSR count). The third-order valence-electron chi connectivity index (χ3n) is 3.11. The van der Waals surface area contributed by atoms with Crippen molar-refractivity contribution in [2.75, 3.05) is 11.9 Å². The van der Waals surface area contributed by atoms with Crippen LogP contribution in [0.5, 0.6) is 5.75 Å². The molecule has 0 saturated heterocycles. The van der Waals surface area contributed by atoms with Gasteiger partial charge in [0, 0.05) is 12.1 Å². The molecule has 1 N–H and O–H groups in total. The predicted molar refractivity (Wildman–Crippen MR) is 84.7 cm³/mol. The number of hydrogen-bond acceptors (Lipinski definition) is 5. The van der Waals surface area contributed by atoms with Gasteiger partial charge in [0.15, 0.2) is 0 Å². The summed E-state index contributed by atoms with van der Waals surface area (Å²) >= 11 is 0. The second kappa shape index (κ2) is 6.76. The minimum absolute atomic E-state index is 0.473. The highest BCUT2D eigenvalue weighted by Crippen LogP contribution is 2.19. The molecule has 0 aliphatic heterocycles. The van der Waals surface area contributed by atoms with Crippen molar-refractivity contribution in [2.24, 2.45) is 0 Å². The van der Waals surface area contributed by atoms with Crippen LogP contribution in [0, 0.1) is 0 Å². The largest absolute Gasteiger partial charge is 0.494 e. The van der Waals surface area contributed by atoms with Crippen molar-refractivity contribution in [3.05, 3.63) is 60.2 Å². The number of rotatable bonds is 6. The van der Waals surface area contributed by atoms with Crippen LogP contribution < -0.4 is 10.1 Å². The van der Waals surface area contributed by atoms with Crippen molar-refractivity contribution < 1.29 is 9.26 Å². The third-order valence-corrected chi connectivity index (χ3v) is 3.11. The fraction of sp³-hybridized carbons (Fsp3) is 0.176. The molecule has 0 atom stereocenters. The summed E-state index contributed by atoms with van der Waals surface area (Å²) in [6, 6.07) is 17.6. The fourth-order valence-corrected chi connectivity index (χ4v) is 2.09. The predicted octanol–water partition coefficient (Wildman–Crippen LogP) is 3.75. The molecule has 5 nitrogen and oxygen atoms in total. The van der Waals surface area contributed by atoms with Crippen molar-refractivity contribution in [3.63, 3.8) is 0 Å². The zero-order chi connectivity index (χ0) is 15.2. The van der Waals surface area contributed by atoms with Crippen LogP contribution in [0.15, 0.2) is 59.1 Å². The van der Waals surface area contributed by atoms with Crippen LogP contribution in [0.3, 0.4) is 0 Å². The summed E-state index contributed by atoms with van der Waals surface area (Å²) in [5.41, 5.74) is 2.00. The van der Waals surface area contributed by atoms with Gasteiger partial charge in [0.2, 0.25) is 0 Å². The topological polar surface area (TPSA) is 60.2 Å². The van der Waals surface area contributed by atoms with Gasteiger partial charge >= 0.3 is 0 Å². The minimum Gasteiger partial charge on any atom is -0.494 e. The maximum atomic E-state index is 5.48. The van der Waals surface area contributed by atoms with Gasteiger partial charge < -0.3 is 14.6 Å². The zero-order valence-corrected chi connectivity index (χ0v) is 12.3. The average Bonchev–Trinajstić information content (AvgIpc) is 3.04. The number of ether oxygens (including phenoxy) is 1. The SMILES string of the molecule is CCOc1cccc(CNc2noc(-c3ccccc3)n2)c1. The van der Waals surface area contributed by atoms with Crippen LogP contribution in [-0.4, -0.2) is 16.7 Å². The van der Waals surface area contributed by atoms with Crippen LogP contribution in [0.1, 0.15) is 12.5 Å². The highest BCUT2D eigenvalue weighted by atomic mass is 16.5. The van der Waals surface area contributed by atoms with Crippen molar-refractivity contribution >= 4 is 5.95 Å². The molecular weight excluding hydrogens is 278 g/mol. The molecule has 2 aromatic carbocycles. The lowest BCUT2D eigenvalue weighted by atomic mass is 10.2. The summed E-state index contributed by atoms with van der Waals surface area (Å²) in [6.45, 7) is 3.23. The molecule has 0 spiro atoms. The molecule has 5 heteroatoms. The average molecular weight is 295 g/mol. The zero-order valence-electron chi connectivity index (χ0n) is 12.3. The molecule has 0 aliphatic rings. The van der Waals surface area contributed by atoms with Gasteiger partial charge in [0.1, 0.15) is 5.75 Å². The van der Waals surface area contributed by atoms with Gasteiger partial charge in [0.05, 0.1) is 6.61 Å². The lowest BCUT2D eigenvalue weighted by molar-refractivity contribution is 0.340. The van der Waals surface area contributed by atoms with E-state index in [4.69, 9.17) is 9.26 Å². The highest BCUT2D eigenvalue weighted by molar-refractivity contribution is 5.53. The van der Waals surface area contributed by atoms with E-state index in [2.05, 4.69) is 15.5 Å². The van der Waals surface area contributed by atoms with E-state index in [-0.39, 0.29) is 0 Å². The summed E-state index contributed by atoms with van der Waals surface area (Å²) < 4.78 is 10.7. The normalized spacial score (nSPS) is 10.4. The number of anilines is 1. The number of hydrogen-bond donors (Lipinski definition) is 1. The lowest BCUT2D eigenvalue weighted by Gasteiger charge is -2.06. The van der Waals surface area contributed by atoms with Crippen LogP contribution in [0.2, 0.25) is 0 Å². The van der Waals surface area contributed by atoms with Crippen molar-refractivity contribution in [1.82, 2.24) is 10.1 Å². The number of aromatic nitrogens is 2. The van der Waals surface area contributed by atoms with E-state index in [1.54, 1.807) is 0 Å². The molecule has 112 valence electrons. The Morgan fingerprint density at radius 3 is 2.77 bits per heavy atom. The van der Waals surface area contributed by atoms with Gasteiger partial charge in [-0.05, 0) is 41.9 Å². The van der Waals surface area contributed by atoms with Crippen LogP contribution >= 0.6 is 0 Å². The highest BCUT2D eigenvalue weighted by Gasteiger charge is 2.07. The molecule has 22 heavy (non-hydrogen) atoms. The summed E-state index contributed by atoms with van der Waals surface area (Å²) in [5, 5.41) is 7.09. The summed E-state index contributed by atoms with van der Waals surface area (Å²) in [4.78, 5) is 4.33.